The van der Waals surface area contributed by atoms with Crippen molar-refractivity contribution in [2.24, 2.45) is 11.5 Å². The van der Waals surface area contributed by atoms with Gasteiger partial charge in [0.05, 0.1) is 18.4 Å². The van der Waals surface area contributed by atoms with E-state index in [4.69, 9.17) is 26.7 Å². The van der Waals surface area contributed by atoms with Gasteiger partial charge in [-0.2, -0.15) is 4.98 Å². The van der Waals surface area contributed by atoms with E-state index < -0.39 is 29.4 Å². The molecular weight excluding hydrogens is 498 g/mol. The molecule has 0 radical (unpaired) electrons. The van der Waals surface area contributed by atoms with Gasteiger partial charge in [-0.05, 0) is 30.7 Å². The quantitative estimate of drug-likeness (QED) is 0.143. The van der Waals surface area contributed by atoms with E-state index in [0.29, 0.717) is 11.4 Å². The highest BCUT2D eigenvalue weighted by molar-refractivity contribution is 5.97. The first-order valence-electron chi connectivity index (χ1n) is 11.7. The van der Waals surface area contributed by atoms with Gasteiger partial charge in [-0.25, -0.2) is 14.8 Å². The first kappa shape index (κ1) is 27.9. The maximum absolute atomic E-state index is 12.8. The lowest BCUT2D eigenvalue weighted by molar-refractivity contribution is -0.147. The molecule has 0 unspecified atom stereocenters. The molecule has 0 spiro atoms. The van der Waals surface area contributed by atoms with E-state index in [2.05, 4.69) is 30.6 Å². The minimum atomic E-state index is -1.07. The van der Waals surface area contributed by atoms with Crippen molar-refractivity contribution in [2.45, 2.75) is 25.4 Å². The molecule has 2 aromatic heterocycles. The largest absolute Gasteiger partial charge is 0.464 e. The highest BCUT2D eigenvalue weighted by Gasteiger charge is 2.24. The minimum Gasteiger partial charge on any atom is -0.464 e. The number of aromatic amines is 1. The first-order chi connectivity index (χ1) is 18.3. The maximum Gasteiger partial charge on any atom is 0.328 e. The smallest absolute Gasteiger partial charge is 0.328 e. The van der Waals surface area contributed by atoms with Crippen molar-refractivity contribution in [1.82, 2.24) is 25.3 Å². The number of amides is 1. The molecule has 1 atom stereocenters. The molecule has 1 amide bonds. The average Bonchev–Trinajstić information content (AvgIpc) is 2.91. The Labute approximate surface area is 216 Å². The number of fused-ring (bicyclic) bond motifs is 1. The van der Waals surface area contributed by atoms with E-state index in [1.54, 1.807) is 24.3 Å². The van der Waals surface area contributed by atoms with Gasteiger partial charge in [0, 0.05) is 30.8 Å². The number of hydrogen-bond donors (Lipinski definition) is 6. The number of nitrogens with two attached hydrogens (primary N) is 3. The lowest BCUT2D eigenvalue weighted by Crippen LogP contribution is -2.42. The van der Waals surface area contributed by atoms with Crippen molar-refractivity contribution in [3.8, 4) is 0 Å². The normalized spacial score (nSPS) is 11.5. The van der Waals surface area contributed by atoms with Gasteiger partial charge in [-0.15, -0.1) is 0 Å². The molecule has 0 aliphatic carbocycles. The van der Waals surface area contributed by atoms with E-state index in [0.717, 1.165) is 0 Å². The summed E-state index contributed by atoms with van der Waals surface area (Å²) in [7, 11) is 0. The fourth-order valence-corrected chi connectivity index (χ4v) is 3.25. The van der Waals surface area contributed by atoms with Crippen LogP contribution in [0.15, 0.2) is 35.3 Å². The summed E-state index contributed by atoms with van der Waals surface area (Å²) < 4.78 is 9.94. The number of ether oxygens (including phenoxy) is 2. The number of nitrogens with one attached hydrogen (secondary N) is 3. The van der Waals surface area contributed by atoms with Crippen LogP contribution >= 0.6 is 0 Å². The van der Waals surface area contributed by atoms with Crippen LogP contribution in [0.3, 0.4) is 0 Å². The predicted molar refractivity (Wildman–Crippen MR) is 137 cm³/mol. The van der Waals surface area contributed by atoms with Gasteiger partial charge in [-0.3, -0.25) is 14.4 Å². The van der Waals surface area contributed by atoms with Gasteiger partial charge in [0.2, 0.25) is 5.95 Å². The number of benzene rings is 1. The molecule has 0 saturated carbocycles. The number of H-pyrrole nitrogens is 1. The summed E-state index contributed by atoms with van der Waals surface area (Å²) >= 11 is 0. The first-order valence-corrected chi connectivity index (χ1v) is 11.7. The number of nitrogen functional groups attached to an aromatic ring is 1. The minimum absolute atomic E-state index is 0.0179. The Morgan fingerprint density at radius 1 is 1.03 bits per heavy atom. The number of esters is 2. The number of rotatable bonds is 13. The van der Waals surface area contributed by atoms with Gasteiger partial charge in [0.1, 0.15) is 19.3 Å². The molecule has 15 heteroatoms. The molecular formula is C23H29N9O6. The second-order valence-electron chi connectivity index (χ2n) is 7.95. The molecule has 0 bridgehead atoms. The van der Waals surface area contributed by atoms with Crippen LogP contribution in [0.1, 0.15) is 28.9 Å². The Hall–Kier alpha value is -4.63. The summed E-state index contributed by atoms with van der Waals surface area (Å²) in [6.07, 6.45) is 1.36. The number of nitrogens with zero attached hydrogens (tertiary/aromatic N) is 3. The third-order valence-electron chi connectivity index (χ3n) is 5.08. The number of hydrogen-bond acceptors (Lipinski definition) is 13. The van der Waals surface area contributed by atoms with Gasteiger partial charge in [0.15, 0.2) is 11.2 Å². The van der Waals surface area contributed by atoms with E-state index in [9.17, 15) is 19.2 Å². The van der Waals surface area contributed by atoms with Crippen molar-refractivity contribution in [3.63, 3.8) is 0 Å². The van der Waals surface area contributed by atoms with Crippen LogP contribution in [-0.4, -0.2) is 70.1 Å². The molecule has 9 N–H and O–H groups in total. The molecule has 3 aromatic rings. The van der Waals surface area contributed by atoms with Gasteiger partial charge >= 0.3 is 17.5 Å². The molecule has 0 aliphatic heterocycles. The Bertz CT molecular complexity index is 1330. The zero-order valence-corrected chi connectivity index (χ0v) is 20.4. The van der Waals surface area contributed by atoms with Crippen molar-refractivity contribution >= 4 is 40.6 Å². The molecule has 0 saturated heterocycles. The summed E-state index contributed by atoms with van der Waals surface area (Å²) in [5.74, 6) is -1.83. The molecule has 1 aromatic carbocycles. The summed E-state index contributed by atoms with van der Waals surface area (Å²) in [6.45, 7) is 0.577. The third kappa shape index (κ3) is 7.94. The van der Waals surface area contributed by atoms with E-state index >= 15 is 0 Å². The van der Waals surface area contributed by atoms with Crippen LogP contribution in [0.5, 0.6) is 0 Å². The summed E-state index contributed by atoms with van der Waals surface area (Å²) in [5.41, 5.74) is 17.3. The van der Waals surface area contributed by atoms with Crippen LogP contribution < -0.4 is 33.4 Å². The maximum atomic E-state index is 12.8. The van der Waals surface area contributed by atoms with Gasteiger partial charge in [-0.1, -0.05) is 0 Å². The van der Waals surface area contributed by atoms with Crippen LogP contribution in [0, 0.1) is 0 Å². The van der Waals surface area contributed by atoms with Crippen LogP contribution in [-0.2, 0) is 25.6 Å². The highest BCUT2D eigenvalue weighted by Crippen LogP contribution is 2.13. The SMILES string of the molecule is NCCOC(=O)CC[C@H](NC(=O)c1ccc(NCc2cnc3[nH]c(N)nc(=O)c3n2)cc1)C(=O)OCCN. The standard InChI is InChI=1S/C23H29N9O6/c24-7-9-37-17(33)6-5-16(22(36)38-10-8-25)30-20(34)13-1-3-14(4-2-13)27-11-15-12-28-19-18(29-15)21(35)32-23(26)31-19/h1-4,12,16,27H,5-11,24-25H2,(H,30,34)(H3,26,28,31,32,35)/t16-/m0/s1. The second kappa shape index (κ2) is 13.6. The zero-order valence-electron chi connectivity index (χ0n) is 20.4. The Morgan fingerprint density at radius 2 is 1.74 bits per heavy atom. The highest BCUT2D eigenvalue weighted by atomic mass is 16.5. The fraction of sp³-hybridized carbons (Fsp3) is 0.348. The molecule has 15 nitrogen and oxygen atoms in total. The van der Waals surface area contributed by atoms with Crippen molar-refractivity contribution in [3.05, 3.63) is 52.1 Å². The topological polar surface area (TPSA) is 243 Å². The predicted octanol–water partition coefficient (Wildman–Crippen LogP) is -1.21. The van der Waals surface area contributed by atoms with Crippen LogP contribution in [0.25, 0.3) is 11.2 Å². The van der Waals surface area contributed by atoms with Crippen molar-refractivity contribution < 1.29 is 23.9 Å². The van der Waals surface area contributed by atoms with Gasteiger partial charge in [0.25, 0.3) is 5.91 Å². The number of carbonyl (C=O) groups is 3. The molecule has 3 rings (SSSR count). The third-order valence-corrected chi connectivity index (χ3v) is 5.08. The lowest BCUT2D eigenvalue weighted by Gasteiger charge is -2.17. The summed E-state index contributed by atoms with van der Waals surface area (Å²) in [6, 6.07) is 5.35. The van der Waals surface area contributed by atoms with Crippen molar-refractivity contribution in [1.29, 1.82) is 0 Å². The number of aromatic nitrogens is 4. The van der Waals surface area contributed by atoms with Crippen LogP contribution in [0.2, 0.25) is 0 Å². The molecule has 0 fully saturated rings. The Morgan fingerprint density at radius 3 is 2.45 bits per heavy atom. The number of anilines is 2. The molecule has 2 heterocycles. The fourth-order valence-electron chi connectivity index (χ4n) is 3.25. The van der Waals surface area contributed by atoms with Crippen molar-refractivity contribution in [2.75, 3.05) is 37.4 Å². The van der Waals surface area contributed by atoms with E-state index in [-0.39, 0.29) is 68.4 Å². The molecule has 202 valence electrons. The summed E-state index contributed by atoms with van der Waals surface area (Å²) in [4.78, 5) is 63.6. The Balaban J connectivity index is 1.60. The Kier molecular flexibility index (Phi) is 10.0. The second-order valence-corrected chi connectivity index (χ2v) is 7.95. The van der Waals surface area contributed by atoms with Crippen LogP contribution in [0.4, 0.5) is 11.6 Å². The average molecular weight is 528 g/mol. The summed E-state index contributed by atoms with van der Waals surface area (Å²) in [5, 5.41) is 5.70. The van der Waals surface area contributed by atoms with E-state index in [1.165, 1.54) is 6.20 Å². The molecule has 38 heavy (non-hydrogen) atoms. The molecule has 0 aliphatic rings. The van der Waals surface area contributed by atoms with E-state index in [1.807, 2.05) is 0 Å². The van der Waals surface area contributed by atoms with Gasteiger partial charge < -0.3 is 42.3 Å². The monoisotopic (exact) mass is 527 g/mol. The lowest BCUT2D eigenvalue weighted by atomic mass is 10.1. The number of carbonyl (C=O) groups excluding carboxylic acids is 3. The zero-order chi connectivity index (χ0) is 27.5.